The molecule has 0 unspecified atom stereocenters. The number of aryl methyl sites for hydroxylation is 1. The van der Waals surface area contributed by atoms with E-state index in [0.717, 1.165) is 43.0 Å². The SMILES string of the molecule is O=C(NCc1nnc2n1CCC2)[C@@H]1C[C@H]1c1ccc(F)cc1. The highest BCUT2D eigenvalue weighted by Gasteiger charge is 2.43. The number of fused-ring (bicyclic) bond motifs is 1. The number of aromatic nitrogens is 3. The molecule has 0 bridgehead atoms. The van der Waals surface area contributed by atoms with E-state index < -0.39 is 0 Å². The first-order chi connectivity index (χ1) is 10.7. The quantitative estimate of drug-likeness (QED) is 0.936. The van der Waals surface area contributed by atoms with Gasteiger partial charge in [0.15, 0.2) is 5.82 Å². The Morgan fingerprint density at radius 2 is 2.14 bits per heavy atom. The van der Waals surface area contributed by atoms with Gasteiger partial charge in [0.05, 0.1) is 6.54 Å². The predicted octanol–water partition coefficient (Wildman–Crippen LogP) is 1.78. The molecule has 1 amide bonds. The molecule has 2 aliphatic rings. The highest BCUT2D eigenvalue weighted by atomic mass is 19.1. The standard InChI is InChI=1S/C16H17FN4O/c17-11-5-3-10(4-6-11)12-8-13(12)16(22)18-9-15-20-19-14-2-1-7-21(14)15/h3-6,12-13H,1-2,7-9H2,(H,18,22)/t12-,13+/m0/s1. The number of nitrogens with one attached hydrogen (secondary N) is 1. The van der Waals surface area contributed by atoms with Crippen molar-refractivity contribution in [2.45, 2.75) is 38.3 Å². The van der Waals surface area contributed by atoms with Gasteiger partial charge in [-0.25, -0.2) is 4.39 Å². The van der Waals surface area contributed by atoms with E-state index in [1.165, 1.54) is 12.1 Å². The molecule has 22 heavy (non-hydrogen) atoms. The maximum absolute atomic E-state index is 12.9. The van der Waals surface area contributed by atoms with Crippen LogP contribution in [0, 0.1) is 11.7 Å². The molecule has 1 aliphatic carbocycles. The summed E-state index contributed by atoms with van der Waals surface area (Å²) in [6.45, 7) is 1.37. The molecule has 1 saturated carbocycles. The summed E-state index contributed by atoms with van der Waals surface area (Å²) in [5.74, 6) is 1.85. The fraction of sp³-hybridized carbons (Fsp3) is 0.438. The van der Waals surface area contributed by atoms with Crippen LogP contribution in [0.15, 0.2) is 24.3 Å². The molecule has 5 nitrogen and oxygen atoms in total. The molecule has 4 rings (SSSR count). The summed E-state index contributed by atoms with van der Waals surface area (Å²) in [5, 5.41) is 11.2. The lowest BCUT2D eigenvalue weighted by atomic mass is 10.1. The van der Waals surface area contributed by atoms with Gasteiger partial charge in [0, 0.05) is 18.9 Å². The lowest BCUT2D eigenvalue weighted by molar-refractivity contribution is -0.122. The molecule has 0 saturated heterocycles. The third-order valence-electron chi connectivity index (χ3n) is 4.53. The Morgan fingerprint density at radius 3 is 2.95 bits per heavy atom. The molecule has 1 fully saturated rings. The van der Waals surface area contributed by atoms with E-state index in [1.807, 2.05) is 0 Å². The topological polar surface area (TPSA) is 59.8 Å². The molecular formula is C16H17FN4O. The Kier molecular flexibility index (Phi) is 3.17. The number of benzene rings is 1. The van der Waals surface area contributed by atoms with Crippen molar-refractivity contribution in [3.63, 3.8) is 0 Å². The summed E-state index contributed by atoms with van der Waals surface area (Å²) >= 11 is 0. The molecule has 1 aliphatic heterocycles. The van der Waals surface area contributed by atoms with Crippen LogP contribution in [-0.2, 0) is 24.3 Å². The Labute approximate surface area is 127 Å². The van der Waals surface area contributed by atoms with Gasteiger partial charge >= 0.3 is 0 Å². The van der Waals surface area contributed by atoms with Crippen LogP contribution in [0.2, 0.25) is 0 Å². The fourth-order valence-electron chi connectivity index (χ4n) is 3.20. The number of rotatable bonds is 4. The summed E-state index contributed by atoms with van der Waals surface area (Å²) in [6, 6.07) is 6.42. The van der Waals surface area contributed by atoms with Crippen molar-refractivity contribution >= 4 is 5.91 Å². The number of amides is 1. The van der Waals surface area contributed by atoms with Crippen molar-refractivity contribution in [2.24, 2.45) is 5.92 Å². The van der Waals surface area contributed by atoms with Gasteiger partial charge in [-0.3, -0.25) is 4.79 Å². The lowest BCUT2D eigenvalue weighted by Gasteiger charge is -2.06. The highest BCUT2D eigenvalue weighted by Crippen LogP contribution is 2.47. The first-order valence-corrected chi connectivity index (χ1v) is 7.66. The smallest absolute Gasteiger partial charge is 0.224 e. The van der Waals surface area contributed by atoms with Crippen LogP contribution < -0.4 is 5.32 Å². The molecule has 114 valence electrons. The second-order valence-corrected chi connectivity index (χ2v) is 6.01. The first kappa shape index (κ1) is 13.4. The van der Waals surface area contributed by atoms with E-state index in [1.54, 1.807) is 12.1 Å². The van der Waals surface area contributed by atoms with E-state index in [-0.39, 0.29) is 23.6 Å². The van der Waals surface area contributed by atoms with Gasteiger partial charge in [-0.15, -0.1) is 10.2 Å². The van der Waals surface area contributed by atoms with Gasteiger partial charge in [-0.2, -0.15) is 0 Å². The van der Waals surface area contributed by atoms with Crippen molar-refractivity contribution in [2.75, 3.05) is 0 Å². The minimum atomic E-state index is -0.244. The maximum atomic E-state index is 12.9. The Balaban J connectivity index is 1.35. The van der Waals surface area contributed by atoms with Crippen LogP contribution in [0.5, 0.6) is 0 Å². The molecule has 0 spiro atoms. The van der Waals surface area contributed by atoms with Crippen LogP contribution in [-0.4, -0.2) is 20.7 Å². The molecule has 1 N–H and O–H groups in total. The molecule has 0 radical (unpaired) electrons. The van der Waals surface area contributed by atoms with E-state index in [9.17, 15) is 9.18 Å². The number of hydrogen-bond acceptors (Lipinski definition) is 3. The monoisotopic (exact) mass is 300 g/mol. The van der Waals surface area contributed by atoms with Crippen molar-refractivity contribution in [3.05, 3.63) is 47.3 Å². The predicted molar refractivity (Wildman–Crippen MR) is 77.4 cm³/mol. The molecular weight excluding hydrogens is 283 g/mol. The summed E-state index contributed by atoms with van der Waals surface area (Å²) in [6.07, 6.45) is 2.90. The van der Waals surface area contributed by atoms with Crippen LogP contribution in [0.4, 0.5) is 4.39 Å². The van der Waals surface area contributed by atoms with Crippen LogP contribution in [0.3, 0.4) is 0 Å². The zero-order chi connectivity index (χ0) is 15.1. The largest absolute Gasteiger partial charge is 0.349 e. The second kappa shape index (κ2) is 5.19. The molecule has 1 aromatic carbocycles. The molecule has 1 aromatic heterocycles. The van der Waals surface area contributed by atoms with Gasteiger partial charge in [-0.05, 0) is 36.5 Å². The number of hydrogen-bond donors (Lipinski definition) is 1. The Morgan fingerprint density at radius 1 is 1.32 bits per heavy atom. The average Bonchev–Trinajstić information content (AvgIpc) is 3.01. The van der Waals surface area contributed by atoms with Gasteiger partial charge in [0.25, 0.3) is 0 Å². The van der Waals surface area contributed by atoms with E-state index in [0.29, 0.717) is 6.54 Å². The van der Waals surface area contributed by atoms with E-state index in [4.69, 9.17) is 0 Å². The molecule has 2 heterocycles. The zero-order valence-electron chi connectivity index (χ0n) is 12.1. The highest BCUT2D eigenvalue weighted by molar-refractivity contribution is 5.82. The normalized spacial score (nSPS) is 22.4. The fourth-order valence-corrected chi connectivity index (χ4v) is 3.20. The van der Waals surface area contributed by atoms with Crippen LogP contribution in [0.25, 0.3) is 0 Å². The lowest BCUT2D eigenvalue weighted by Crippen LogP contribution is -2.26. The third-order valence-corrected chi connectivity index (χ3v) is 4.53. The molecule has 2 atom stereocenters. The van der Waals surface area contributed by atoms with Gasteiger partial charge < -0.3 is 9.88 Å². The van der Waals surface area contributed by atoms with Gasteiger partial charge in [0.1, 0.15) is 11.6 Å². The number of carbonyl (C=O) groups excluding carboxylic acids is 1. The number of halogens is 1. The first-order valence-electron chi connectivity index (χ1n) is 7.66. The third kappa shape index (κ3) is 2.38. The second-order valence-electron chi connectivity index (χ2n) is 6.01. The number of nitrogens with zero attached hydrogens (tertiary/aromatic N) is 3. The van der Waals surface area contributed by atoms with Gasteiger partial charge in [-0.1, -0.05) is 12.1 Å². The maximum Gasteiger partial charge on any atom is 0.224 e. The summed E-state index contributed by atoms with van der Waals surface area (Å²) < 4.78 is 15.0. The summed E-state index contributed by atoms with van der Waals surface area (Å²) in [5.41, 5.74) is 1.03. The van der Waals surface area contributed by atoms with E-state index in [2.05, 4.69) is 20.1 Å². The zero-order valence-corrected chi connectivity index (χ0v) is 12.1. The van der Waals surface area contributed by atoms with Crippen molar-refractivity contribution in [3.8, 4) is 0 Å². The summed E-state index contributed by atoms with van der Waals surface area (Å²) in [7, 11) is 0. The minimum absolute atomic E-state index is 0.00793. The van der Waals surface area contributed by atoms with Crippen molar-refractivity contribution in [1.29, 1.82) is 0 Å². The van der Waals surface area contributed by atoms with E-state index >= 15 is 0 Å². The molecule has 2 aromatic rings. The van der Waals surface area contributed by atoms with Crippen LogP contribution >= 0.6 is 0 Å². The van der Waals surface area contributed by atoms with Crippen molar-refractivity contribution in [1.82, 2.24) is 20.1 Å². The average molecular weight is 300 g/mol. The van der Waals surface area contributed by atoms with Gasteiger partial charge in [0.2, 0.25) is 5.91 Å². The minimum Gasteiger partial charge on any atom is -0.349 e. The van der Waals surface area contributed by atoms with Crippen molar-refractivity contribution < 1.29 is 9.18 Å². The Bertz CT molecular complexity index is 709. The summed E-state index contributed by atoms with van der Waals surface area (Å²) in [4.78, 5) is 12.2. The van der Waals surface area contributed by atoms with Crippen LogP contribution in [0.1, 0.15) is 36.0 Å². The number of carbonyl (C=O) groups is 1. The Hall–Kier alpha value is -2.24. The molecule has 6 heteroatoms.